The van der Waals surface area contributed by atoms with E-state index in [0.717, 1.165) is 12.1 Å². The van der Waals surface area contributed by atoms with Gasteiger partial charge < -0.3 is 15.0 Å². The highest BCUT2D eigenvalue weighted by Crippen LogP contribution is 2.23. The number of ether oxygens (including phenoxy) is 1. The third-order valence-corrected chi connectivity index (χ3v) is 5.26. The van der Waals surface area contributed by atoms with Crippen LogP contribution in [0.1, 0.15) is 23.2 Å². The van der Waals surface area contributed by atoms with Crippen molar-refractivity contribution < 1.29 is 23.3 Å². The predicted octanol–water partition coefficient (Wildman–Crippen LogP) is 2.35. The van der Waals surface area contributed by atoms with E-state index in [1.165, 1.54) is 12.3 Å². The Balaban J connectivity index is 1.55. The van der Waals surface area contributed by atoms with Crippen LogP contribution in [-0.2, 0) is 25.1 Å². The lowest BCUT2D eigenvalue weighted by molar-refractivity contribution is -0.119. The Morgan fingerprint density at radius 3 is 2.50 bits per heavy atom. The molecule has 0 radical (unpaired) electrons. The number of amides is 2. The fraction of sp³-hybridized carbons (Fsp3) is 0.250. The van der Waals surface area contributed by atoms with Crippen molar-refractivity contribution in [3.05, 3.63) is 54.1 Å². The monoisotopic (exact) mass is 400 g/mol. The largest absolute Gasteiger partial charge is 0.452 e. The van der Waals surface area contributed by atoms with Crippen LogP contribution in [0.25, 0.3) is 0 Å². The number of hydrogen-bond donors (Lipinski definition) is 1. The first-order valence-corrected chi connectivity index (χ1v) is 10.3. The van der Waals surface area contributed by atoms with Crippen molar-refractivity contribution in [3.8, 4) is 0 Å². The molecule has 0 spiro atoms. The van der Waals surface area contributed by atoms with Gasteiger partial charge in [0.25, 0.3) is 5.91 Å². The zero-order chi connectivity index (χ0) is 20.1. The van der Waals surface area contributed by atoms with Gasteiger partial charge >= 0.3 is 5.97 Å². The summed E-state index contributed by atoms with van der Waals surface area (Å²) in [5, 5.41) is 2.64. The van der Waals surface area contributed by atoms with E-state index in [1.54, 1.807) is 47.4 Å². The zero-order valence-corrected chi connectivity index (χ0v) is 16.2. The highest BCUT2D eigenvalue weighted by molar-refractivity contribution is 7.84. The van der Waals surface area contributed by atoms with Crippen molar-refractivity contribution in [1.29, 1.82) is 0 Å². The van der Waals surface area contributed by atoms with E-state index in [9.17, 15) is 18.6 Å². The molecule has 2 aromatic carbocycles. The fourth-order valence-corrected chi connectivity index (χ4v) is 3.67. The molecule has 3 rings (SSSR count). The Morgan fingerprint density at radius 2 is 1.86 bits per heavy atom. The fourth-order valence-electron chi connectivity index (χ4n) is 2.94. The van der Waals surface area contributed by atoms with Crippen molar-refractivity contribution in [1.82, 2.24) is 0 Å². The average molecular weight is 400 g/mol. The van der Waals surface area contributed by atoms with Gasteiger partial charge in [0.2, 0.25) is 5.91 Å². The van der Waals surface area contributed by atoms with Gasteiger partial charge in [0.15, 0.2) is 6.61 Å². The Hall–Kier alpha value is -3.00. The molecule has 1 N–H and O–H groups in total. The van der Waals surface area contributed by atoms with E-state index in [-0.39, 0.29) is 11.5 Å². The van der Waals surface area contributed by atoms with Crippen LogP contribution in [0.4, 0.5) is 11.4 Å². The summed E-state index contributed by atoms with van der Waals surface area (Å²) in [7, 11) is -1.34. The summed E-state index contributed by atoms with van der Waals surface area (Å²) < 4.78 is 16.7. The molecule has 0 unspecified atom stereocenters. The first-order chi connectivity index (χ1) is 13.5. The van der Waals surface area contributed by atoms with E-state index in [2.05, 4.69) is 5.32 Å². The molecule has 7 nitrogen and oxygen atoms in total. The number of carbonyl (C=O) groups is 3. The zero-order valence-electron chi connectivity index (χ0n) is 15.3. The van der Waals surface area contributed by atoms with Gasteiger partial charge in [-0.05, 0) is 42.8 Å². The Kier molecular flexibility index (Phi) is 6.20. The van der Waals surface area contributed by atoms with Crippen LogP contribution in [0.3, 0.4) is 0 Å². The number of nitrogens with zero attached hydrogens (tertiary/aromatic N) is 1. The first-order valence-electron chi connectivity index (χ1n) is 8.75. The van der Waals surface area contributed by atoms with Crippen molar-refractivity contribution in [2.24, 2.45) is 0 Å². The lowest BCUT2D eigenvalue weighted by Crippen LogP contribution is -2.24. The second-order valence-corrected chi connectivity index (χ2v) is 7.62. The molecule has 28 heavy (non-hydrogen) atoms. The van der Waals surface area contributed by atoms with Crippen molar-refractivity contribution in [2.45, 2.75) is 17.7 Å². The van der Waals surface area contributed by atoms with Gasteiger partial charge in [-0.1, -0.05) is 12.1 Å². The van der Waals surface area contributed by atoms with Crippen molar-refractivity contribution in [2.75, 3.05) is 29.6 Å². The maximum atomic E-state index is 12.2. The second kappa shape index (κ2) is 8.79. The Morgan fingerprint density at radius 1 is 1.14 bits per heavy atom. The summed E-state index contributed by atoms with van der Waals surface area (Å²) in [5.41, 5.74) is 1.50. The third-order valence-electron chi connectivity index (χ3n) is 4.29. The van der Waals surface area contributed by atoms with E-state index in [0.29, 0.717) is 23.5 Å². The number of hydrogen-bond acceptors (Lipinski definition) is 5. The lowest BCUT2D eigenvalue weighted by Gasteiger charge is -2.16. The molecule has 0 aromatic heterocycles. The predicted molar refractivity (Wildman–Crippen MR) is 106 cm³/mol. The summed E-state index contributed by atoms with van der Waals surface area (Å²) in [6, 6.07) is 13.3. The van der Waals surface area contributed by atoms with Crippen LogP contribution < -0.4 is 10.2 Å². The molecule has 146 valence electrons. The van der Waals surface area contributed by atoms with Gasteiger partial charge in [0.05, 0.1) is 21.3 Å². The van der Waals surface area contributed by atoms with E-state index >= 15 is 0 Å². The van der Waals surface area contributed by atoms with Crippen molar-refractivity contribution in [3.63, 3.8) is 0 Å². The maximum absolute atomic E-state index is 12.2. The van der Waals surface area contributed by atoms with Crippen LogP contribution in [-0.4, -0.2) is 41.4 Å². The molecule has 1 heterocycles. The highest BCUT2D eigenvalue weighted by atomic mass is 32.2. The molecule has 1 aliphatic heterocycles. The maximum Gasteiger partial charge on any atom is 0.339 e. The topological polar surface area (TPSA) is 92.8 Å². The van der Waals surface area contributed by atoms with E-state index in [1.807, 2.05) is 0 Å². The van der Waals surface area contributed by atoms with Crippen molar-refractivity contribution >= 4 is 40.0 Å². The standard InChI is InChI=1S/C20H20N2O5S/c1-28(26)17-6-3-2-5-16(17)20(25)27-13-18(23)21-14-8-10-15(11-9-14)22-12-4-7-19(22)24/h2-3,5-6,8-11H,4,7,12-13H2,1H3,(H,21,23)/t28-/m1/s1. The molecule has 2 amide bonds. The molecule has 8 heteroatoms. The molecule has 1 aliphatic rings. The minimum Gasteiger partial charge on any atom is -0.452 e. The molecule has 0 bridgehead atoms. The first kappa shape index (κ1) is 19.8. The number of carbonyl (C=O) groups excluding carboxylic acids is 3. The quantitative estimate of drug-likeness (QED) is 0.752. The van der Waals surface area contributed by atoms with Gasteiger partial charge in [-0.15, -0.1) is 0 Å². The number of benzene rings is 2. The van der Waals surface area contributed by atoms with Crippen LogP contribution >= 0.6 is 0 Å². The SMILES string of the molecule is C[S@@](=O)c1ccccc1C(=O)OCC(=O)Nc1ccc(N2CCCC2=O)cc1. The van der Waals surface area contributed by atoms with Gasteiger partial charge in [-0.2, -0.15) is 0 Å². The second-order valence-electron chi connectivity index (χ2n) is 6.27. The van der Waals surface area contributed by atoms with E-state index < -0.39 is 29.3 Å². The Labute approximate surface area is 165 Å². The van der Waals surface area contributed by atoms with Gasteiger partial charge in [0.1, 0.15) is 0 Å². The average Bonchev–Trinajstić information content (AvgIpc) is 3.12. The summed E-state index contributed by atoms with van der Waals surface area (Å²) >= 11 is 0. The Bertz CT molecular complexity index is 926. The molecule has 1 saturated heterocycles. The molecule has 1 fully saturated rings. The number of rotatable bonds is 6. The number of esters is 1. The number of nitrogens with one attached hydrogen (secondary N) is 1. The van der Waals surface area contributed by atoms with Crippen LogP contribution in [0, 0.1) is 0 Å². The molecule has 0 aliphatic carbocycles. The van der Waals surface area contributed by atoms with Gasteiger partial charge in [0, 0.05) is 30.6 Å². The van der Waals surface area contributed by atoms with Gasteiger partial charge in [-0.25, -0.2) is 4.79 Å². The molecule has 2 aromatic rings. The smallest absolute Gasteiger partial charge is 0.339 e. The molecule has 0 saturated carbocycles. The summed E-state index contributed by atoms with van der Waals surface area (Å²) in [4.78, 5) is 38.1. The lowest BCUT2D eigenvalue weighted by atomic mass is 10.2. The van der Waals surface area contributed by atoms with Crippen LogP contribution in [0.2, 0.25) is 0 Å². The van der Waals surface area contributed by atoms with Crippen LogP contribution in [0.15, 0.2) is 53.4 Å². The normalized spacial score (nSPS) is 14.6. The number of anilines is 2. The summed E-state index contributed by atoms with van der Waals surface area (Å²) in [6.07, 6.45) is 2.87. The summed E-state index contributed by atoms with van der Waals surface area (Å²) in [5.74, 6) is -1.10. The van der Waals surface area contributed by atoms with Crippen LogP contribution in [0.5, 0.6) is 0 Å². The van der Waals surface area contributed by atoms with E-state index in [4.69, 9.17) is 4.74 Å². The third kappa shape index (κ3) is 4.64. The summed E-state index contributed by atoms with van der Waals surface area (Å²) in [6.45, 7) is 0.237. The highest BCUT2D eigenvalue weighted by Gasteiger charge is 2.21. The minimum atomic E-state index is -1.34. The van der Waals surface area contributed by atoms with Gasteiger partial charge in [-0.3, -0.25) is 13.8 Å². The minimum absolute atomic E-state index is 0.0944. The molecular formula is C20H20N2O5S. The molecular weight excluding hydrogens is 380 g/mol. The molecule has 1 atom stereocenters.